The molecule has 0 aliphatic carbocycles. The fourth-order valence-corrected chi connectivity index (χ4v) is 8.15. The van der Waals surface area contributed by atoms with Crippen molar-refractivity contribution in [3.8, 4) is 34.2 Å². The SMILES string of the molecule is c1ccc(-c2nc(-c3cccc4oc5ccccc5c34)nc(-c3cc4ccc5ccccc5c4c4sc5ccccc5c34)n2)cc1. The summed E-state index contributed by atoms with van der Waals surface area (Å²) >= 11 is 1.84. The van der Waals surface area contributed by atoms with Crippen LogP contribution in [-0.2, 0) is 0 Å². The van der Waals surface area contributed by atoms with Crippen molar-refractivity contribution < 1.29 is 4.42 Å². The first-order valence-electron chi connectivity index (χ1n) is 15.3. The maximum Gasteiger partial charge on any atom is 0.164 e. The summed E-state index contributed by atoms with van der Waals surface area (Å²) in [4.78, 5) is 15.6. The molecule has 10 aromatic rings. The van der Waals surface area contributed by atoms with Gasteiger partial charge in [0.2, 0.25) is 0 Å². The lowest BCUT2D eigenvalue weighted by molar-refractivity contribution is 0.669. The van der Waals surface area contributed by atoms with E-state index in [0.717, 1.165) is 38.6 Å². The molecule has 0 aliphatic rings. The number of aromatic nitrogens is 3. The molecule has 0 unspecified atom stereocenters. The monoisotopic (exact) mass is 605 g/mol. The van der Waals surface area contributed by atoms with E-state index < -0.39 is 0 Å². The Kier molecular flexibility index (Phi) is 5.41. The van der Waals surface area contributed by atoms with Crippen molar-refractivity contribution in [2.45, 2.75) is 0 Å². The Morgan fingerprint density at radius 1 is 0.435 bits per heavy atom. The van der Waals surface area contributed by atoms with Crippen LogP contribution in [-0.4, -0.2) is 15.0 Å². The van der Waals surface area contributed by atoms with Crippen LogP contribution in [0.15, 0.2) is 144 Å². The van der Waals surface area contributed by atoms with Gasteiger partial charge in [-0.2, -0.15) is 0 Å². The van der Waals surface area contributed by atoms with Crippen LogP contribution < -0.4 is 0 Å². The van der Waals surface area contributed by atoms with Crippen LogP contribution in [0.3, 0.4) is 0 Å². The molecule has 3 aromatic heterocycles. The summed E-state index contributed by atoms with van der Waals surface area (Å²) in [5.41, 5.74) is 4.51. The van der Waals surface area contributed by atoms with Crippen LogP contribution in [0.25, 0.3) is 97.8 Å². The van der Waals surface area contributed by atoms with Crippen LogP contribution in [0.1, 0.15) is 0 Å². The second-order valence-corrected chi connectivity index (χ2v) is 12.6. The lowest BCUT2D eigenvalue weighted by Gasteiger charge is -2.12. The molecule has 0 aliphatic heterocycles. The van der Waals surface area contributed by atoms with E-state index in [2.05, 4.69) is 91.0 Å². The van der Waals surface area contributed by atoms with E-state index in [1.807, 2.05) is 59.9 Å². The molecule has 0 fully saturated rings. The van der Waals surface area contributed by atoms with Gasteiger partial charge in [-0.05, 0) is 40.4 Å². The van der Waals surface area contributed by atoms with Crippen molar-refractivity contribution in [1.82, 2.24) is 15.0 Å². The number of fused-ring (bicyclic) bond motifs is 10. The summed E-state index contributed by atoms with van der Waals surface area (Å²) < 4.78 is 8.74. The first-order valence-corrected chi connectivity index (χ1v) is 16.1. The lowest BCUT2D eigenvalue weighted by Crippen LogP contribution is -2.01. The number of furan rings is 1. The molecular formula is C41H23N3OS. The first-order chi connectivity index (χ1) is 22.8. The predicted molar refractivity (Wildman–Crippen MR) is 191 cm³/mol. The first kappa shape index (κ1) is 25.4. The molecule has 214 valence electrons. The molecule has 10 rings (SSSR count). The lowest BCUT2D eigenvalue weighted by atomic mass is 9.96. The average molecular weight is 606 g/mol. The van der Waals surface area contributed by atoms with Crippen LogP contribution in [0.5, 0.6) is 0 Å². The van der Waals surface area contributed by atoms with Crippen LogP contribution in [0.4, 0.5) is 0 Å². The predicted octanol–water partition coefficient (Wildman–Crippen LogP) is 11.4. The largest absolute Gasteiger partial charge is 0.456 e. The zero-order chi connectivity index (χ0) is 30.2. The highest BCUT2D eigenvalue weighted by molar-refractivity contribution is 7.27. The number of nitrogens with zero attached hydrogens (tertiary/aromatic N) is 3. The van der Waals surface area contributed by atoms with Gasteiger partial charge >= 0.3 is 0 Å². The summed E-state index contributed by atoms with van der Waals surface area (Å²) in [6.45, 7) is 0. The second kappa shape index (κ2) is 9.80. The third-order valence-corrected chi connectivity index (χ3v) is 10.1. The number of hydrogen-bond donors (Lipinski definition) is 0. The molecule has 0 spiro atoms. The summed E-state index contributed by atoms with van der Waals surface area (Å²) in [5.74, 6) is 1.90. The standard InChI is InChI=1S/C41H23N3OS/c1-2-12-25(13-3-1)39-42-40(30-17-10-19-33-36(30)28-15-6-8-18-32(28)45-33)44-41(43-39)31-23-26-22-21-24-11-4-5-14-27(24)35(26)38-37(31)29-16-7-9-20-34(29)46-38/h1-23H. The number of rotatable bonds is 3. The van der Waals surface area contributed by atoms with Gasteiger partial charge in [0.15, 0.2) is 17.5 Å². The fraction of sp³-hybridized carbons (Fsp3) is 0. The Bertz CT molecular complexity index is 2820. The smallest absolute Gasteiger partial charge is 0.164 e. The van der Waals surface area contributed by atoms with E-state index in [4.69, 9.17) is 19.4 Å². The van der Waals surface area contributed by atoms with Gasteiger partial charge in [0.25, 0.3) is 0 Å². The Morgan fingerprint density at radius 2 is 1.11 bits per heavy atom. The van der Waals surface area contributed by atoms with Crippen LogP contribution in [0, 0.1) is 0 Å². The quantitative estimate of drug-likeness (QED) is 0.188. The van der Waals surface area contributed by atoms with Crippen LogP contribution in [0.2, 0.25) is 0 Å². The summed E-state index contributed by atoms with van der Waals surface area (Å²) in [6, 6.07) is 48.4. The van der Waals surface area contributed by atoms with E-state index >= 15 is 0 Å². The maximum absolute atomic E-state index is 6.25. The van der Waals surface area contributed by atoms with Gasteiger partial charge in [-0.15, -0.1) is 11.3 Å². The highest BCUT2D eigenvalue weighted by Crippen LogP contribution is 2.46. The molecule has 0 atom stereocenters. The van der Waals surface area contributed by atoms with Crippen molar-refractivity contribution in [1.29, 1.82) is 0 Å². The molecule has 0 bridgehead atoms. The number of para-hydroxylation sites is 1. The van der Waals surface area contributed by atoms with Crippen molar-refractivity contribution in [2.75, 3.05) is 0 Å². The average Bonchev–Trinajstić information content (AvgIpc) is 3.70. The van der Waals surface area contributed by atoms with Crippen molar-refractivity contribution >= 4 is 75.0 Å². The summed E-state index contributed by atoms with van der Waals surface area (Å²) in [5, 5.41) is 9.35. The Morgan fingerprint density at radius 3 is 2.00 bits per heavy atom. The molecule has 4 nitrogen and oxygen atoms in total. The number of hydrogen-bond acceptors (Lipinski definition) is 5. The zero-order valence-electron chi connectivity index (χ0n) is 24.4. The van der Waals surface area contributed by atoms with E-state index in [0.29, 0.717) is 17.5 Å². The van der Waals surface area contributed by atoms with Gasteiger partial charge in [0.05, 0.1) is 0 Å². The minimum absolute atomic E-state index is 0.618. The van der Waals surface area contributed by atoms with Gasteiger partial charge in [0.1, 0.15) is 11.2 Å². The zero-order valence-corrected chi connectivity index (χ0v) is 25.3. The number of thiophene rings is 1. The molecule has 46 heavy (non-hydrogen) atoms. The van der Waals surface area contributed by atoms with Crippen molar-refractivity contribution in [3.63, 3.8) is 0 Å². The second-order valence-electron chi connectivity index (χ2n) is 11.6. The molecule has 0 amide bonds. The fourth-order valence-electron chi connectivity index (χ4n) is 6.85. The molecule has 3 heterocycles. The molecule has 7 aromatic carbocycles. The van der Waals surface area contributed by atoms with E-state index in [9.17, 15) is 0 Å². The van der Waals surface area contributed by atoms with E-state index in [1.54, 1.807) is 0 Å². The van der Waals surface area contributed by atoms with Gasteiger partial charge in [-0.3, -0.25) is 0 Å². The molecular weight excluding hydrogens is 583 g/mol. The minimum atomic E-state index is 0.618. The Hall–Kier alpha value is -5.91. The molecule has 0 saturated carbocycles. The Balaban J connectivity index is 1.34. The molecule has 0 saturated heterocycles. The van der Waals surface area contributed by atoms with E-state index in [-0.39, 0.29) is 0 Å². The number of benzene rings is 7. The summed E-state index contributed by atoms with van der Waals surface area (Å²) in [6.07, 6.45) is 0. The van der Waals surface area contributed by atoms with Gasteiger partial charge in [-0.1, -0.05) is 115 Å². The van der Waals surface area contributed by atoms with E-state index in [1.165, 1.54) is 41.7 Å². The molecule has 0 radical (unpaired) electrons. The third kappa shape index (κ3) is 3.76. The molecule has 0 N–H and O–H groups in total. The highest BCUT2D eigenvalue weighted by atomic mass is 32.1. The van der Waals surface area contributed by atoms with Crippen LogP contribution >= 0.6 is 11.3 Å². The Labute approximate surface area is 267 Å². The minimum Gasteiger partial charge on any atom is -0.456 e. The highest BCUT2D eigenvalue weighted by Gasteiger charge is 2.21. The normalized spacial score (nSPS) is 11.9. The topological polar surface area (TPSA) is 51.8 Å². The maximum atomic E-state index is 6.25. The van der Waals surface area contributed by atoms with Crippen molar-refractivity contribution in [3.05, 3.63) is 140 Å². The molecule has 5 heteroatoms. The van der Waals surface area contributed by atoms with Gasteiger partial charge in [-0.25, -0.2) is 15.0 Å². The van der Waals surface area contributed by atoms with Gasteiger partial charge in [0, 0.05) is 53.0 Å². The third-order valence-electron chi connectivity index (χ3n) is 8.90. The van der Waals surface area contributed by atoms with Crippen molar-refractivity contribution in [2.24, 2.45) is 0 Å². The summed E-state index contributed by atoms with van der Waals surface area (Å²) in [7, 11) is 0. The van der Waals surface area contributed by atoms with Gasteiger partial charge < -0.3 is 4.42 Å².